The summed E-state index contributed by atoms with van der Waals surface area (Å²) < 4.78 is 0. The summed E-state index contributed by atoms with van der Waals surface area (Å²) in [7, 11) is 0. The van der Waals surface area contributed by atoms with Gasteiger partial charge in [0.2, 0.25) is 0 Å². The monoisotopic (exact) mass is 314 g/mol. The summed E-state index contributed by atoms with van der Waals surface area (Å²) in [6.45, 7) is 13.6. The molecule has 2 rings (SSSR count). The molecule has 0 bridgehead atoms. The van der Waals surface area contributed by atoms with Crippen molar-refractivity contribution < 1.29 is 0 Å². The molecule has 3 unspecified atom stereocenters. The van der Waals surface area contributed by atoms with E-state index >= 15 is 0 Å². The molecular weight excluding hydrogens is 276 g/mol. The number of rotatable bonds is 6. The van der Waals surface area contributed by atoms with Gasteiger partial charge in [0.15, 0.2) is 0 Å². The van der Waals surface area contributed by atoms with Crippen LogP contribution in [0.15, 0.2) is 36.0 Å². The Labute approximate surface area is 145 Å². The Morgan fingerprint density at radius 2 is 1.96 bits per heavy atom. The summed E-state index contributed by atoms with van der Waals surface area (Å²) in [5.74, 6) is 2.38. The van der Waals surface area contributed by atoms with Crippen molar-refractivity contribution in [3.05, 3.63) is 36.0 Å². The van der Waals surface area contributed by atoms with Crippen LogP contribution in [-0.2, 0) is 0 Å². The van der Waals surface area contributed by atoms with Gasteiger partial charge in [-0.25, -0.2) is 0 Å². The van der Waals surface area contributed by atoms with E-state index in [1.54, 1.807) is 5.57 Å². The minimum Gasteiger partial charge on any atom is -0.103 e. The van der Waals surface area contributed by atoms with E-state index < -0.39 is 0 Å². The van der Waals surface area contributed by atoms with E-state index in [-0.39, 0.29) is 5.41 Å². The molecule has 0 saturated heterocycles. The lowest BCUT2D eigenvalue weighted by molar-refractivity contribution is 0.275. The van der Waals surface area contributed by atoms with Crippen LogP contribution in [0.25, 0.3) is 0 Å². The van der Waals surface area contributed by atoms with Crippen LogP contribution in [0.3, 0.4) is 0 Å². The average molecular weight is 315 g/mol. The summed E-state index contributed by atoms with van der Waals surface area (Å²) in [6.07, 6.45) is 19.4. The third-order valence-electron chi connectivity index (χ3n) is 6.52. The molecule has 3 atom stereocenters. The summed E-state index contributed by atoms with van der Waals surface area (Å²) in [6, 6.07) is 0. The molecule has 0 heteroatoms. The minimum absolute atomic E-state index is 0.260. The Kier molecular flexibility index (Phi) is 6.74. The topological polar surface area (TPSA) is 0 Å². The van der Waals surface area contributed by atoms with Crippen LogP contribution in [-0.4, -0.2) is 0 Å². The van der Waals surface area contributed by atoms with Crippen molar-refractivity contribution in [2.45, 2.75) is 85.5 Å². The van der Waals surface area contributed by atoms with Crippen LogP contribution in [0.5, 0.6) is 0 Å². The third-order valence-corrected chi connectivity index (χ3v) is 6.52. The predicted octanol–water partition coefficient (Wildman–Crippen LogP) is 7.48. The maximum absolute atomic E-state index is 4.14. The van der Waals surface area contributed by atoms with Crippen molar-refractivity contribution >= 4 is 0 Å². The van der Waals surface area contributed by atoms with Crippen LogP contribution in [0.4, 0.5) is 0 Å². The Hall–Kier alpha value is -0.780. The number of hydrogen-bond acceptors (Lipinski definition) is 0. The van der Waals surface area contributed by atoms with E-state index in [4.69, 9.17) is 0 Å². The normalized spacial score (nSPS) is 31.6. The Morgan fingerprint density at radius 3 is 2.52 bits per heavy atom. The lowest BCUT2D eigenvalue weighted by Crippen LogP contribution is -2.28. The molecule has 130 valence electrons. The number of hydrogen-bond donors (Lipinski definition) is 0. The minimum atomic E-state index is 0.260. The fourth-order valence-electron chi connectivity index (χ4n) is 4.71. The van der Waals surface area contributed by atoms with Gasteiger partial charge in [0, 0.05) is 0 Å². The van der Waals surface area contributed by atoms with E-state index in [1.165, 1.54) is 57.8 Å². The highest BCUT2D eigenvalue weighted by atomic mass is 14.4. The van der Waals surface area contributed by atoms with E-state index in [0.29, 0.717) is 5.92 Å². The molecule has 0 radical (unpaired) electrons. The first-order valence-electron chi connectivity index (χ1n) is 10.1. The molecule has 1 saturated carbocycles. The molecule has 0 spiro atoms. The first kappa shape index (κ1) is 18.6. The smallest absolute Gasteiger partial charge is 0.00158 e. The van der Waals surface area contributed by atoms with Crippen LogP contribution < -0.4 is 0 Å². The van der Waals surface area contributed by atoms with Crippen LogP contribution in [0, 0.1) is 23.2 Å². The van der Waals surface area contributed by atoms with Crippen LogP contribution >= 0.6 is 0 Å². The SMILES string of the molecule is C=CC(C)C1(C)CCCCCC(C2CC2)C(CCC)=C1C=CC. The second-order valence-corrected chi connectivity index (χ2v) is 8.17. The van der Waals surface area contributed by atoms with E-state index in [0.717, 1.165) is 11.8 Å². The van der Waals surface area contributed by atoms with Gasteiger partial charge in [-0.3, -0.25) is 0 Å². The standard InChI is InChI=1S/C23H38/c1-6-12-21-20(19-15-16-19)14-10-9-11-17-23(5,18(4)8-3)22(21)13-7-2/h7-8,13,18-20H,3,6,9-12,14-17H2,1-2,4-5H3. The lowest BCUT2D eigenvalue weighted by atomic mass is 9.66. The molecule has 0 aromatic rings. The van der Waals surface area contributed by atoms with Crippen molar-refractivity contribution in [3.63, 3.8) is 0 Å². The quantitative estimate of drug-likeness (QED) is 0.446. The van der Waals surface area contributed by atoms with Gasteiger partial charge < -0.3 is 0 Å². The summed E-state index contributed by atoms with van der Waals surface area (Å²) in [4.78, 5) is 0. The second kappa shape index (κ2) is 8.36. The van der Waals surface area contributed by atoms with Gasteiger partial charge in [0.25, 0.3) is 0 Å². The highest BCUT2D eigenvalue weighted by molar-refractivity contribution is 5.36. The molecular formula is C23H38. The predicted molar refractivity (Wildman–Crippen MR) is 104 cm³/mol. The molecule has 0 aliphatic heterocycles. The lowest BCUT2D eigenvalue weighted by Gasteiger charge is -2.39. The van der Waals surface area contributed by atoms with Crippen molar-refractivity contribution in [2.75, 3.05) is 0 Å². The third kappa shape index (κ3) is 4.20. The number of allylic oxidation sites excluding steroid dienone is 5. The first-order chi connectivity index (χ1) is 11.1. The first-order valence-corrected chi connectivity index (χ1v) is 10.1. The largest absolute Gasteiger partial charge is 0.103 e. The summed E-state index contributed by atoms with van der Waals surface area (Å²) in [5.41, 5.74) is 3.75. The Morgan fingerprint density at radius 1 is 1.22 bits per heavy atom. The fraction of sp³-hybridized carbons (Fsp3) is 0.739. The molecule has 0 nitrogen and oxygen atoms in total. The van der Waals surface area contributed by atoms with Crippen molar-refractivity contribution in [1.82, 2.24) is 0 Å². The van der Waals surface area contributed by atoms with Gasteiger partial charge in [0.05, 0.1) is 0 Å². The maximum atomic E-state index is 4.14. The van der Waals surface area contributed by atoms with Crippen molar-refractivity contribution in [2.24, 2.45) is 23.2 Å². The molecule has 0 N–H and O–H groups in total. The highest BCUT2D eigenvalue weighted by Crippen LogP contribution is 2.51. The van der Waals surface area contributed by atoms with E-state index in [9.17, 15) is 0 Å². The fourth-order valence-corrected chi connectivity index (χ4v) is 4.71. The van der Waals surface area contributed by atoms with E-state index in [2.05, 4.69) is 52.5 Å². The average Bonchev–Trinajstić information content (AvgIpc) is 3.37. The van der Waals surface area contributed by atoms with Gasteiger partial charge in [-0.2, -0.15) is 0 Å². The van der Waals surface area contributed by atoms with Gasteiger partial charge in [0.1, 0.15) is 0 Å². The van der Waals surface area contributed by atoms with Gasteiger partial charge in [-0.1, -0.05) is 70.3 Å². The highest BCUT2D eigenvalue weighted by Gasteiger charge is 2.39. The molecule has 0 heterocycles. The molecule has 1 fully saturated rings. The van der Waals surface area contributed by atoms with Gasteiger partial charge in [-0.05, 0) is 67.8 Å². The molecule has 0 aromatic carbocycles. The molecule has 23 heavy (non-hydrogen) atoms. The molecule has 2 aliphatic rings. The Bertz CT molecular complexity index is 449. The molecule has 0 aromatic heterocycles. The zero-order valence-electron chi connectivity index (χ0n) is 16.0. The maximum Gasteiger partial charge on any atom is -0.00158 e. The zero-order valence-corrected chi connectivity index (χ0v) is 16.0. The Balaban J connectivity index is 2.56. The van der Waals surface area contributed by atoms with Crippen molar-refractivity contribution in [1.29, 1.82) is 0 Å². The van der Waals surface area contributed by atoms with Gasteiger partial charge >= 0.3 is 0 Å². The van der Waals surface area contributed by atoms with Gasteiger partial charge in [-0.15, -0.1) is 6.58 Å². The summed E-state index contributed by atoms with van der Waals surface area (Å²) >= 11 is 0. The summed E-state index contributed by atoms with van der Waals surface area (Å²) in [5, 5.41) is 0. The van der Waals surface area contributed by atoms with E-state index in [1.807, 2.05) is 5.57 Å². The molecule has 2 aliphatic carbocycles. The van der Waals surface area contributed by atoms with Crippen molar-refractivity contribution in [3.8, 4) is 0 Å². The molecule has 0 amide bonds. The van der Waals surface area contributed by atoms with Crippen LogP contribution in [0.1, 0.15) is 85.5 Å². The second-order valence-electron chi connectivity index (χ2n) is 8.17. The zero-order chi connectivity index (χ0) is 16.9. The van der Waals surface area contributed by atoms with Crippen LogP contribution in [0.2, 0.25) is 0 Å².